The molecule has 0 aromatic carbocycles. The van der Waals surface area contributed by atoms with Gasteiger partial charge in [0.15, 0.2) is 0 Å². The Kier molecular flexibility index (Phi) is 1.56. The molecule has 0 aromatic heterocycles. The van der Waals surface area contributed by atoms with Crippen molar-refractivity contribution in [2.24, 2.45) is 17.3 Å². The first kappa shape index (κ1) is 8.45. The van der Waals surface area contributed by atoms with Gasteiger partial charge in [0.25, 0.3) is 0 Å². The second-order valence-electron chi connectivity index (χ2n) is 4.77. The zero-order valence-electron chi connectivity index (χ0n) is 8.12. The lowest BCUT2D eigenvalue weighted by Gasteiger charge is -2.57. The van der Waals surface area contributed by atoms with Crippen molar-refractivity contribution in [1.82, 2.24) is 0 Å². The number of hydrogen-bond acceptors (Lipinski definition) is 3. The Morgan fingerprint density at radius 2 is 2.21 bits per heavy atom. The highest BCUT2D eigenvalue weighted by molar-refractivity contribution is 5.93. The molecule has 3 nitrogen and oxygen atoms in total. The maximum atomic E-state index is 11.8. The van der Waals surface area contributed by atoms with Crippen LogP contribution >= 0.6 is 0 Å². The summed E-state index contributed by atoms with van der Waals surface area (Å²) in [5.74, 6) is 0.663. The van der Waals surface area contributed by atoms with E-state index < -0.39 is 0 Å². The van der Waals surface area contributed by atoms with Gasteiger partial charge in [-0.25, -0.2) is 0 Å². The predicted molar refractivity (Wildman–Crippen MR) is 48.5 cm³/mol. The molecule has 1 spiro atoms. The number of carbonyl (C=O) groups is 2. The van der Waals surface area contributed by atoms with E-state index in [0.717, 1.165) is 25.7 Å². The average molecular weight is 194 g/mol. The first-order chi connectivity index (χ1) is 6.75. The molecule has 1 aliphatic heterocycles. The van der Waals surface area contributed by atoms with Gasteiger partial charge in [0, 0.05) is 12.3 Å². The minimum Gasteiger partial charge on any atom is -0.465 e. The topological polar surface area (TPSA) is 43.4 Å². The van der Waals surface area contributed by atoms with E-state index in [4.69, 9.17) is 4.74 Å². The second kappa shape index (κ2) is 2.59. The van der Waals surface area contributed by atoms with Crippen LogP contribution in [0.1, 0.15) is 32.1 Å². The van der Waals surface area contributed by atoms with E-state index in [-0.39, 0.29) is 17.3 Å². The average Bonchev–Trinajstić information content (AvgIpc) is 2.12. The Bertz CT molecular complexity index is 310. The zero-order valence-corrected chi connectivity index (χ0v) is 8.12. The Hall–Kier alpha value is -0.860. The van der Waals surface area contributed by atoms with Crippen LogP contribution in [-0.4, -0.2) is 18.4 Å². The fourth-order valence-electron chi connectivity index (χ4n) is 3.57. The first-order valence-electron chi connectivity index (χ1n) is 5.45. The van der Waals surface area contributed by atoms with Gasteiger partial charge in [-0.2, -0.15) is 0 Å². The zero-order chi connectivity index (χ0) is 9.76. The Morgan fingerprint density at radius 3 is 3.00 bits per heavy atom. The molecule has 0 unspecified atom stereocenters. The molecule has 3 atom stereocenters. The molecule has 0 radical (unpaired) electrons. The van der Waals surface area contributed by atoms with Crippen molar-refractivity contribution in [2.75, 3.05) is 6.61 Å². The molecule has 3 rings (SSSR count). The number of cyclic esters (lactones) is 1. The van der Waals surface area contributed by atoms with E-state index in [1.54, 1.807) is 0 Å². The van der Waals surface area contributed by atoms with E-state index in [1.165, 1.54) is 0 Å². The molecule has 0 amide bonds. The lowest BCUT2D eigenvalue weighted by Crippen LogP contribution is -2.62. The normalized spacial score (nSPS) is 46.0. The maximum absolute atomic E-state index is 11.8. The summed E-state index contributed by atoms with van der Waals surface area (Å²) in [6.07, 6.45) is 4.34. The summed E-state index contributed by atoms with van der Waals surface area (Å²) in [5, 5.41) is 0. The number of hydrogen-bond donors (Lipinski definition) is 0. The summed E-state index contributed by atoms with van der Waals surface area (Å²) in [5.41, 5.74) is -0.367. The minimum absolute atomic E-state index is 0.00838. The molecule has 3 fully saturated rings. The van der Waals surface area contributed by atoms with Gasteiger partial charge in [0.05, 0.1) is 12.0 Å². The summed E-state index contributed by atoms with van der Waals surface area (Å²) in [7, 11) is 0. The summed E-state index contributed by atoms with van der Waals surface area (Å²) in [6.45, 7) is 0.562. The third-order valence-corrected chi connectivity index (χ3v) is 4.35. The van der Waals surface area contributed by atoms with Crippen LogP contribution in [0.2, 0.25) is 0 Å². The van der Waals surface area contributed by atoms with Crippen molar-refractivity contribution in [2.45, 2.75) is 32.1 Å². The summed E-state index contributed by atoms with van der Waals surface area (Å²) in [6, 6.07) is 0. The number of ketones is 1. The quantitative estimate of drug-likeness (QED) is 0.546. The van der Waals surface area contributed by atoms with E-state index in [1.807, 2.05) is 0 Å². The van der Waals surface area contributed by atoms with Crippen molar-refractivity contribution >= 4 is 11.8 Å². The highest BCUT2D eigenvalue weighted by Crippen LogP contribution is 2.61. The van der Waals surface area contributed by atoms with Crippen molar-refractivity contribution in [3.05, 3.63) is 0 Å². The van der Waals surface area contributed by atoms with E-state index in [0.29, 0.717) is 24.7 Å². The predicted octanol–water partition coefficient (Wildman–Crippen LogP) is 1.31. The van der Waals surface area contributed by atoms with Gasteiger partial charge in [-0.3, -0.25) is 9.59 Å². The monoisotopic (exact) mass is 194 g/mol. The van der Waals surface area contributed by atoms with Gasteiger partial charge < -0.3 is 4.74 Å². The Balaban J connectivity index is 1.96. The lowest BCUT2D eigenvalue weighted by molar-refractivity contribution is -0.201. The van der Waals surface area contributed by atoms with Crippen LogP contribution in [0, 0.1) is 17.3 Å². The number of esters is 1. The minimum atomic E-state index is -0.367. The van der Waals surface area contributed by atoms with Crippen LogP contribution < -0.4 is 0 Å². The molecule has 76 valence electrons. The fourth-order valence-corrected chi connectivity index (χ4v) is 3.57. The molecular formula is C11H14O3. The Labute approximate surface area is 82.8 Å². The van der Waals surface area contributed by atoms with E-state index >= 15 is 0 Å². The van der Waals surface area contributed by atoms with Gasteiger partial charge in [0.1, 0.15) is 5.78 Å². The smallest absolute Gasteiger partial charge is 0.313 e. The molecule has 14 heavy (non-hydrogen) atoms. The van der Waals surface area contributed by atoms with Gasteiger partial charge in [-0.05, 0) is 31.6 Å². The van der Waals surface area contributed by atoms with Crippen LogP contribution in [-0.2, 0) is 14.3 Å². The van der Waals surface area contributed by atoms with Gasteiger partial charge in [0.2, 0.25) is 0 Å². The van der Waals surface area contributed by atoms with Gasteiger partial charge in [-0.15, -0.1) is 0 Å². The van der Waals surface area contributed by atoms with Crippen molar-refractivity contribution in [3.63, 3.8) is 0 Å². The van der Waals surface area contributed by atoms with Gasteiger partial charge in [-0.1, -0.05) is 0 Å². The van der Waals surface area contributed by atoms with E-state index in [9.17, 15) is 9.59 Å². The SMILES string of the molecule is O=C1CCC[C@@]23C(=O)OCC[C@@H]2C[C@H]13. The molecule has 3 heteroatoms. The lowest BCUT2D eigenvalue weighted by atomic mass is 9.46. The van der Waals surface area contributed by atoms with Crippen molar-refractivity contribution in [1.29, 1.82) is 0 Å². The van der Waals surface area contributed by atoms with Crippen LogP contribution in [0.15, 0.2) is 0 Å². The molecule has 1 saturated heterocycles. The van der Waals surface area contributed by atoms with Crippen molar-refractivity contribution < 1.29 is 14.3 Å². The molecule has 1 heterocycles. The largest absolute Gasteiger partial charge is 0.465 e. The summed E-state index contributed by atoms with van der Waals surface area (Å²) < 4.78 is 5.13. The molecule has 0 bridgehead atoms. The number of carbonyl (C=O) groups excluding carboxylic acids is 2. The third kappa shape index (κ3) is 0.787. The Morgan fingerprint density at radius 1 is 1.36 bits per heavy atom. The van der Waals surface area contributed by atoms with Crippen LogP contribution in [0.25, 0.3) is 0 Å². The van der Waals surface area contributed by atoms with Gasteiger partial charge >= 0.3 is 5.97 Å². The highest BCUT2D eigenvalue weighted by atomic mass is 16.5. The maximum Gasteiger partial charge on any atom is 0.313 e. The molecule has 0 aromatic rings. The summed E-state index contributed by atoms with van der Waals surface area (Å²) in [4.78, 5) is 23.4. The standard InChI is InChI=1S/C11H14O3/c12-9-2-1-4-11-7(6-8(9)11)3-5-14-10(11)13/h7-8H,1-6H2/t7-,8-,11-/m1/s1. The highest BCUT2D eigenvalue weighted by Gasteiger charge is 2.65. The summed E-state index contributed by atoms with van der Waals surface area (Å²) >= 11 is 0. The third-order valence-electron chi connectivity index (χ3n) is 4.35. The second-order valence-corrected chi connectivity index (χ2v) is 4.77. The molecule has 2 saturated carbocycles. The molecule has 0 N–H and O–H groups in total. The molecule has 3 aliphatic rings. The number of rotatable bonds is 0. The van der Waals surface area contributed by atoms with Crippen LogP contribution in [0.5, 0.6) is 0 Å². The van der Waals surface area contributed by atoms with Crippen LogP contribution in [0.4, 0.5) is 0 Å². The molecule has 2 aliphatic carbocycles. The van der Waals surface area contributed by atoms with Crippen LogP contribution in [0.3, 0.4) is 0 Å². The number of ether oxygens (including phenoxy) is 1. The van der Waals surface area contributed by atoms with Crippen molar-refractivity contribution in [3.8, 4) is 0 Å². The fraction of sp³-hybridized carbons (Fsp3) is 0.818. The first-order valence-corrected chi connectivity index (χ1v) is 5.45. The van der Waals surface area contributed by atoms with E-state index in [2.05, 4.69) is 0 Å². The number of Topliss-reactive ketones (excluding diaryl/α,β-unsaturated/α-hetero) is 1. The molecular weight excluding hydrogens is 180 g/mol.